The molecule has 20 heavy (non-hydrogen) atoms. The summed E-state index contributed by atoms with van der Waals surface area (Å²) in [7, 11) is 1.59. The normalized spacial score (nSPS) is 22.5. The third kappa shape index (κ3) is 2.71. The molecule has 3 rings (SSSR count). The molecule has 1 fully saturated rings. The van der Waals surface area contributed by atoms with Gasteiger partial charge in [-0.15, -0.1) is 0 Å². The molecule has 0 bridgehead atoms. The van der Waals surface area contributed by atoms with Crippen LogP contribution in [0.3, 0.4) is 0 Å². The van der Waals surface area contributed by atoms with Crippen LogP contribution in [0, 0.1) is 0 Å². The van der Waals surface area contributed by atoms with Crippen LogP contribution < -0.4 is 10.1 Å². The summed E-state index contributed by atoms with van der Waals surface area (Å²) in [6, 6.07) is 0.253. The fourth-order valence-corrected chi connectivity index (χ4v) is 3.04. The SMILES string of the molecule is COc1nc(Cl)nc2c1CN(CC1CCC(=O)N1)CC2. The number of nitrogens with one attached hydrogen (secondary N) is 1. The Morgan fingerprint density at radius 1 is 1.45 bits per heavy atom. The van der Waals surface area contributed by atoms with E-state index in [1.165, 1.54) is 0 Å². The minimum atomic E-state index is 0.153. The van der Waals surface area contributed by atoms with Gasteiger partial charge < -0.3 is 10.1 Å². The number of carbonyl (C=O) groups excluding carboxylic acids is 1. The lowest BCUT2D eigenvalue weighted by Gasteiger charge is -2.30. The second kappa shape index (κ2) is 5.54. The van der Waals surface area contributed by atoms with Crippen LogP contribution in [0.2, 0.25) is 5.28 Å². The van der Waals surface area contributed by atoms with Crippen LogP contribution in [0.5, 0.6) is 5.88 Å². The Morgan fingerprint density at radius 3 is 3.00 bits per heavy atom. The van der Waals surface area contributed by atoms with Crippen LogP contribution in [-0.2, 0) is 17.8 Å². The van der Waals surface area contributed by atoms with Crippen molar-refractivity contribution in [3.05, 3.63) is 16.5 Å². The van der Waals surface area contributed by atoms with Crippen molar-refractivity contribution in [3.8, 4) is 5.88 Å². The number of aromatic nitrogens is 2. The lowest BCUT2D eigenvalue weighted by atomic mass is 10.1. The van der Waals surface area contributed by atoms with Crippen LogP contribution >= 0.6 is 11.6 Å². The number of fused-ring (bicyclic) bond motifs is 1. The lowest BCUT2D eigenvalue weighted by Crippen LogP contribution is -2.41. The smallest absolute Gasteiger partial charge is 0.225 e. The van der Waals surface area contributed by atoms with Crippen LogP contribution in [0.25, 0.3) is 0 Å². The van der Waals surface area contributed by atoms with Crippen LogP contribution in [0.4, 0.5) is 0 Å². The first-order chi connectivity index (χ1) is 9.65. The van der Waals surface area contributed by atoms with Crippen molar-refractivity contribution < 1.29 is 9.53 Å². The fourth-order valence-electron chi connectivity index (χ4n) is 2.86. The maximum absolute atomic E-state index is 11.2. The standard InChI is InChI=1S/C13H17ClN4O2/c1-20-12-9-7-18(6-8-2-3-11(19)15-8)5-4-10(9)16-13(14)17-12/h8H,2-7H2,1H3,(H,15,19). The molecule has 0 aromatic carbocycles. The Morgan fingerprint density at radius 2 is 2.30 bits per heavy atom. The average Bonchev–Trinajstić information content (AvgIpc) is 2.83. The number of rotatable bonds is 3. The van der Waals surface area contributed by atoms with E-state index in [2.05, 4.69) is 20.2 Å². The zero-order valence-corrected chi connectivity index (χ0v) is 12.1. The summed E-state index contributed by atoms with van der Waals surface area (Å²) in [6.07, 6.45) is 2.38. The van der Waals surface area contributed by atoms with Gasteiger partial charge in [0.2, 0.25) is 17.1 Å². The molecule has 1 aromatic heterocycles. The molecule has 1 N–H and O–H groups in total. The van der Waals surface area contributed by atoms with Gasteiger partial charge in [0.25, 0.3) is 0 Å². The molecule has 0 saturated carbocycles. The quantitative estimate of drug-likeness (QED) is 0.835. The maximum atomic E-state index is 11.2. The van der Waals surface area contributed by atoms with Crippen molar-refractivity contribution in [2.75, 3.05) is 20.2 Å². The topological polar surface area (TPSA) is 67.4 Å². The molecule has 1 aromatic rings. The predicted octanol–water partition coefficient (Wildman–Crippen LogP) is 0.775. The Balaban J connectivity index is 1.73. The van der Waals surface area contributed by atoms with Gasteiger partial charge in [0.15, 0.2) is 0 Å². The van der Waals surface area contributed by atoms with Gasteiger partial charge in [-0.05, 0) is 18.0 Å². The predicted molar refractivity (Wildman–Crippen MR) is 73.7 cm³/mol. The summed E-state index contributed by atoms with van der Waals surface area (Å²) in [5, 5.41) is 3.23. The van der Waals surface area contributed by atoms with Crippen LogP contribution in [0.1, 0.15) is 24.1 Å². The van der Waals surface area contributed by atoms with E-state index in [4.69, 9.17) is 16.3 Å². The highest BCUT2D eigenvalue weighted by atomic mass is 35.5. The molecule has 7 heteroatoms. The molecule has 2 aliphatic heterocycles. The summed E-state index contributed by atoms with van der Waals surface area (Å²) in [6.45, 7) is 2.51. The van der Waals surface area contributed by atoms with Gasteiger partial charge in [0, 0.05) is 44.1 Å². The number of methoxy groups -OCH3 is 1. The van der Waals surface area contributed by atoms with Gasteiger partial charge in [0.05, 0.1) is 12.8 Å². The van der Waals surface area contributed by atoms with Crippen molar-refractivity contribution in [1.82, 2.24) is 20.2 Å². The molecule has 1 atom stereocenters. The van der Waals surface area contributed by atoms with Gasteiger partial charge in [0.1, 0.15) is 0 Å². The number of nitrogens with zero attached hydrogens (tertiary/aromatic N) is 3. The van der Waals surface area contributed by atoms with Crippen molar-refractivity contribution >= 4 is 17.5 Å². The summed E-state index contributed by atoms with van der Waals surface area (Å²) in [4.78, 5) is 21.9. The van der Waals surface area contributed by atoms with Crippen molar-refractivity contribution in [2.45, 2.75) is 31.8 Å². The van der Waals surface area contributed by atoms with E-state index in [-0.39, 0.29) is 17.2 Å². The van der Waals surface area contributed by atoms with Crippen molar-refractivity contribution in [1.29, 1.82) is 0 Å². The average molecular weight is 297 g/mol. The molecule has 108 valence electrons. The van der Waals surface area contributed by atoms with Crippen molar-refractivity contribution in [2.24, 2.45) is 0 Å². The second-order valence-electron chi connectivity index (χ2n) is 5.22. The summed E-state index contributed by atoms with van der Waals surface area (Å²) >= 11 is 5.89. The third-order valence-corrected chi connectivity index (χ3v) is 4.00. The maximum Gasteiger partial charge on any atom is 0.225 e. The first-order valence-corrected chi connectivity index (χ1v) is 7.14. The van der Waals surface area contributed by atoms with Gasteiger partial charge in [-0.25, -0.2) is 4.98 Å². The molecule has 6 nitrogen and oxygen atoms in total. The molecule has 3 heterocycles. The zero-order valence-electron chi connectivity index (χ0n) is 11.4. The molecular formula is C13H17ClN4O2. The molecule has 0 radical (unpaired) electrons. The highest BCUT2D eigenvalue weighted by Crippen LogP contribution is 2.27. The summed E-state index contributed by atoms with van der Waals surface area (Å²) in [5.41, 5.74) is 1.97. The summed E-state index contributed by atoms with van der Waals surface area (Å²) in [5.74, 6) is 0.709. The minimum Gasteiger partial charge on any atom is -0.481 e. The van der Waals surface area contributed by atoms with E-state index in [9.17, 15) is 4.79 Å². The van der Waals surface area contributed by atoms with E-state index >= 15 is 0 Å². The third-order valence-electron chi connectivity index (χ3n) is 3.83. The Labute approximate surface area is 122 Å². The number of halogens is 1. The Bertz CT molecular complexity index is 520. The van der Waals surface area contributed by atoms with Gasteiger partial charge in [-0.2, -0.15) is 4.98 Å². The number of hydrogen-bond acceptors (Lipinski definition) is 5. The van der Waals surface area contributed by atoms with E-state index in [1.807, 2.05) is 0 Å². The number of ether oxygens (including phenoxy) is 1. The van der Waals surface area contributed by atoms with E-state index < -0.39 is 0 Å². The second-order valence-corrected chi connectivity index (χ2v) is 5.55. The molecule has 1 unspecified atom stereocenters. The molecule has 2 aliphatic rings. The van der Waals surface area contributed by atoms with E-state index in [0.29, 0.717) is 12.3 Å². The Hall–Kier alpha value is -1.40. The monoisotopic (exact) mass is 296 g/mol. The highest BCUT2D eigenvalue weighted by Gasteiger charge is 2.27. The molecular weight excluding hydrogens is 280 g/mol. The molecule has 0 spiro atoms. The van der Waals surface area contributed by atoms with E-state index in [0.717, 1.165) is 43.7 Å². The molecule has 1 saturated heterocycles. The first-order valence-electron chi connectivity index (χ1n) is 6.76. The summed E-state index contributed by atoms with van der Waals surface area (Å²) < 4.78 is 5.30. The minimum absolute atomic E-state index is 0.153. The number of amides is 1. The van der Waals surface area contributed by atoms with Gasteiger partial charge >= 0.3 is 0 Å². The lowest BCUT2D eigenvalue weighted by molar-refractivity contribution is -0.119. The molecule has 0 aliphatic carbocycles. The largest absolute Gasteiger partial charge is 0.481 e. The number of hydrogen-bond donors (Lipinski definition) is 1. The van der Waals surface area contributed by atoms with E-state index in [1.54, 1.807) is 7.11 Å². The van der Waals surface area contributed by atoms with Crippen LogP contribution in [-0.4, -0.2) is 47.0 Å². The zero-order chi connectivity index (χ0) is 14.1. The number of carbonyl (C=O) groups is 1. The van der Waals surface area contributed by atoms with Crippen LogP contribution in [0.15, 0.2) is 0 Å². The highest BCUT2D eigenvalue weighted by molar-refractivity contribution is 6.28. The van der Waals surface area contributed by atoms with Gasteiger partial charge in [-0.1, -0.05) is 0 Å². The molecule has 1 amide bonds. The fraction of sp³-hybridized carbons (Fsp3) is 0.615. The Kier molecular flexibility index (Phi) is 3.76. The first kappa shape index (κ1) is 13.6. The van der Waals surface area contributed by atoms with Gasteiger partial charge in [-0.3, -0.25) is 9.69 Å². The van der Waals surface area contributed by atoms with Crippen molar-refractivity contribution in [3.63, 3.8) is 0 Å².